The van der Waals surface area contributed by atoms with Gasteiger partial charge in [0.15, 0.2) is 0 Å². The number of nitrogens with zero attached hydrogens (tertiary/aromatic N) is 5. The molecule has 6 rings (SSSR count). The highest BCUT2D eigenvalue weighted by Gasteiger charge is 2.41. The van der Waals surface area contributed by atoms with Crippen molar-refractivity contribution in [3.8, 4) is 5.69 Å². The molecule has 0 aliphatic carbocycles. The van der Waals surface area contributed by atoms with Crippen LogP contribution in [0.5, 0.6) is 0 Å². The van der Waals surface area contributed by atoms with E-state index >= 15 is 0 Å². The molecule has 0 radical (unpaired) electrons. The number of likely N-dealkylation sites (tertiary alicyclic amines) is 1. The van der Waals surface area contributed by atoms with Crippen molar-refractivity contribution in [3.05, 3.63) is 66.3 Å². The average Bonchev–Trinajstić information content (AvgIpc) is 3.42. The van der Waals surface area contributed by atoms with Crippen molar-refractivity contribution in [2.75, 3.05) is 37.7 Å². The predicted molar refractivity (Wildman–Crippen MR) is 128 cm³/mol. The van der Waals surface area contributed by atoms with Crippen LogP contribution in [0.3, 0.4) is 0 Å². The number of hydrogen-bond donors (Lipinski definition) is 0. The summed E-state index contributed by atoms with van der Waals surface area (Å²) in [6.07, 6.45) is 12.1. The molecule has 172 valence electrons. The second-order valence-electron chi connectivity index (χ2n) is 9.46. The van der Waals surface area contributed by atoms with E-state index in [1.54, 1.807) is 6.08 Å². The van der Waals surface area contributed by atoms with Crippen LogP contribution in [-0.4, -0.2) is 64.6 Å². The molecule has 0 bridgehead atoms. The summed E-state index contributed by atoms with van der Waals surface area (Å²) in [5.41, 5.74) is 4.02. The van der Waals surface area contributed by atoms with Gasteiger partial charge in [0, 0.05) is 43.0 Å². The molecule has 7 nitrogen and oxygen atoms in total. The van der Waals surface area contributed by atoms with Crippen LogP contribution in [0.15, 0.2) is 55.1 Å². The van der Waals surface area contributed by atoms with Gasteiger partial charge in [-0.3, -0.25) is 4.90 Å². The van der Waals surface area contributed by atoms with Gasteiger partial charge in [0.05, 0.1) is 31.1 Å². The monoisotopic (exact) mass is 445 g/mol. The molecular formula is C26H31N5O2. The van der Waals surface area contributed by atoms with Crippen molar-refractivity contribution < 1.29 is 9.47 Å². The summed E-state index contributed by atoms with van der Waals surface area (Å²) in [4.78, 5) is 10.0. The van der Waals surface area contributed by atoms with Gasteiger partial charge in [-0.25, -0.2) is 9.67 Å². The lowest BCUT2D eigenvalue weighted by Gasteiger charge is -2.44. The van der Waals surface area contributed by atoms with Gasteiger partial charge in [-0.15, -0.1) is 0 Å². The molecule has 2 unspecified atom stereocenters. The Morgan fingerprint density at radius 1 is 1.18 bits per heavy atom. The number of anilines is 1. The van der Waals surface area contributed by atoms with E-state index < -0.39 is 0 Å². The lowest BCUT2D eigenvalue weighted by molar-refractivity contribution is -0.0766. The molecule has 3 saturated heterocycles. The van der Waals surface area contributed by atoms with Crippen molar-refractivity contribution in [2.45, 2.75) is 38.5 Å². The Morgan fingerprint density at radius 3 is 2.85 bits per heavy atom. The van der Waals surface area contributed by atoms with Crippen molar-refractivity contribution in [3.63, 3.8) is 0 Å². The number of pyridine rings is 1. The first-order valence-electron chi connectivity index (χ1n) is 12.0. The molecule has 2 atom stereocenters. The first-order valence-corrected chi connectivity index (χ1v) is 12.0. The summed E-state index contributed by atoms with van der Waals surface area (Å²) in [6.45, 7) is 11.6. The van der Waals surface area contributed by atoms with E-state index in [1.165, 1.54) is 25.9 Å². The van der Waals surface area contributed by atoms with Gasteiger partial charge in [0.2, 0.25) is 0 Å². The number of rotatable bonds is 5. The summed E-state index contributed by atoms with van der Waals surface area (Å²) in [6, 6.07) is 5.53. The number of allylic oxidation sites excluding steroid dienone is 5. The summed E-state index contributed by atoms with van der Waals surface area (Å²) >= 11 is 0. The van der Waals surface area contributed by atoms with Crippen LogP contribution >= 0.6 is 0 Å². The quantitative estimate of drug-likeness (QED) is 0.656. The molecule has 0 spiro atoms. The van der Waals surface area contributed by atoms with Gasteiger partial charge >= 0.3 is 0 Å². The van der Waals surface area contributed by atoms with Crippen LogP contribution in [0.4, 0.5) is 5.82 Å². The number of ether oxygens (including phenoxy) is 2. The fraction of sp³-hybridized carbons (Fsp3) is 0.462. The van der Waals surface area contributed by atoms with Crippen LogP contribution in [0.25, 0.3) is 11.3 Å². The van der Waals surface area contributed by atoms with E-state index in [-0.39, 0.29) is 0 Å². The maximum absolute atomic E-state index is 5.84. The molecule has 2 aromatic rings. The Morgan fingerprint density at radius 2 is 2.09 bits per heavy atom. The van der Waals surface area contributed by atoms with Gasteiger partial charge in [0.1, 0.15) is 23.9 Å². The maximum atomic E-state index is 5.84. The third kappa shape index (κ3) is 3.69. The Bertz CT molecular complexity index is 1100. The molecule has 0 saturated carbocycles. The van der Waals surface area contributed by atoms with Crippen molar-refractivity contribution in [1.29, 1.82) is 0 Å². The van der Waals surface area contributed by atoms with Crippen LogP contribution in [0.1, 0.15) is 31.0 Å². The number of hydrogen-bond acceptors (Lipinski definition) is 6. The number of piperidine rings is 1. The van der Waals surface area contributed by atoms with Crippen molar-refractivity contribution >= 4 is 11.4 Å². The molecule has 2 aromatic heterocycles. The zero-order chi connectivity index (χ0) is 22.4. The number of fused-ring (bicyclic) bond motifs is 2. The van der Waals surface area contributed by atoms with Crippen LogP contribution in [-0.2, 0) is 16.1 Å². The first kappa shape index (κ1) is 20.7. The lowest BCUT2D eigenvalue weighted by Crippen LogP contribution is -2.55. The summed E-state index contributed by atoms with van der Waals surface area (Å²) in [5.74, 6) is 2.70. The lowest BCUT2D eigenvalue weighted by atomic mass is 9.91. The zero-order valence-electron chi connectivity index (χ0n) is 19.2. The van der Waals surface area contributed by atoms with Gasteiger partial charge in [-0.1, -0.05) is 18.7 Å². The number of aromatic nitrogens is 3. The predicted octanol–water partition coefficient (Wildman–Crippen LogP) is 3.57. The molecule has 6 heterocycles. The second kappa shape index (κ2) is 8.47. The highest BCUT2D eigenvalue weighted by atomic mass is 16.5. The Hall–Kier alpha value is -2.90. The molecule has 4 aliphatic heterocycles. The minimum atomic E-state index is 0.541. The summed E-state index contributed by atoms with van der Waals surface area (Å²) in [7, 11) is 0. The summed E-state index contributed by atoms with van der Waals surface area (Å²) in [5, 5.41) is 4.86. The fourth-order valence-corrected chi connectivity index (χ4v) is 5.61. The first-order chi connectivity index (χ1) is 16.2. The molecule has 3 fully saturated rings. The minimum absolute atomic E-state index is 0.541. The van der Waals surface area contributed by atoms with E-state index in [1.807, 2.05) is 36.2 Å². The second-order valence-corrected chi connectivity index (χ2v) is 9.46. The largest absolute Gasteiger partial charge is 0.493 e. The van der Waals surface area contributed by atoms with Gasteiger partial charge in [-0.2, -0.15) is 5.10 Å². The molecule has 7 heteroatoms. The molecule has 0 amide bonds. The van der Waals surface area contributed by atoms with E-state index in [2.05, 4.69) is 28.5 Å². The minimum Gasteiger partial charge on any atom is -0.493 e. The average molecular weight is 446 g/mol. The van der Waals surface area contributed by atoms with Crippen LogP contribution < -0.4 is 4.90 Å². The van der Waals surface area contributed by atoms with E-state index in [4.69, 9.17) is 19.6 Å². The molecular weight excluding hydrogens is 414 g/mol. The molecule has 4 aliphatic rings. The van der Waals surface area contributed by atoms with E-state index in [0.717, 1.165) is 59.8 Å². The Kier molecular flexibility index (Phi) is 5.31. The standard InChI is InChI=1S/C26H31N5O2/c1-3-4-5-23-18(2)33-15-20-14-31(28-26(20)23)21-6-7-25(27-12-21)30-11-8-19-13-29(10-9-24(19)30)22-16-32-17-22/h3-7,12,14,19,22,24H,1,8-11,13,15-17H2,2H3/b5-4-. The third-order valence-corrected chi connectivity index (χ3v) is 7.56. The molecule has 33 heavy (non-hydrogen) atoms. The van der Waals surface area contributed by atoms with Gasteiger partial charge in [0.25, 0.3) is 0 Å². The van der Waals surface area contributed by atoms with Crippen molar-refractivity contribution in [2.24, 2.45) is 5.92 Å². The highest BCUT2D eigenvalue weighted by Crippen LogP contribution is 2.36. The topological polar surface area (TPSA) is 55.7 Å². The Balaban J connectivity index is 1.19. The van der Waals surface area contributed by atoms with Gasteiger partial charge < -0.3 is 14.4 Å². The molecule has 0 aromatic carbocycles. The highest BCUT2D eigenvalue weighted by molar-refractivity contribution is 5.76. The zero-order valence-corrected chi connectivity index (χ0v) is 19.2. The SMILES string of the molecule is C=C/C=C\C1=C(C)OCc2cn(-c3ccc(N4CCC5CN(C6COC6)CCC54)nc3)nc21. The maximum Gasteiger partial charge on any atom is 0.128 e. The van der Waals surface area contributed by atoms with Crippen LogP contribution in [0.2, 0.25) is 0 Å². The van der Waals surface area contributed by atoms with E-state index in [0.29, 0.717) is 18.7 Å². The smallest absolute Gasteiger partial charge is 0.128 e. The van der Waals surface area contributed by atoms with Gasteiger partial charge in [-0.05, 0) is 43.9 Å². The normalized spacial score (nSPS) is 25.7. The van der Waals surface area contributed by atoms with Crippen molar-refractivity contribution in [1.82, 2.24) is 19.7 Å². The Labute approximate surface area is 195 Å². The van der Waals surface area contributed by atoms with Crippen LogP contribution in [0, 0.1) is 5.92 Å². The summed E-state index contributed by atoms with van der Waals surface area (Å²) < 4.78 is 13.2. The fourth-order valence-electron chi connectivity index (χ4n) is 5.61. The molecule has 0 N–H and O–H groups in total. The third-order valence-electron chi connectivity index (χ3n) is 7.56. The van der Waals surface area contributed by atoms with E-state index in [9.17, 15) is 0 Å².